The number of halogens is 1. The number of morpholine rings is 1. The number of rotatable bonds is 17. The number of hydrogen-bond acceptors (Lipinski definition) is 8. The van der Waals surface area contributed by atoms with E-state index in [2.05, 4.69) is 79.2 Å². The van der Waals surface area contributed by atoms with Gasteiger partial charge in [0, 0.05) is 59.6 Å². The van der Waals surface area contributed by atoms with Crippen LogP contribution in [0.2, 0.25) is 0 Å². The summed E-state index contributed by atoms with van der Waals surface area (Å²) in [7, 11) is 3.92. The molecule has 3 heterocycles. The van der Waals surface area contributed by atoms with Crippen molar-refractivity contribution in [3.63, 3.8) is 0 Å². The fourth-order valence-corrected chi connectivity index (χ4v) is 8.31. The summed E-state index contributed by atoms with van der Waals surface area (Å²) in [6.07, 6.45) is 2.20. The van der Waals surface area contributed by atoms with Gasteiger partial charge in [-0.2, -0.15) is 5.10 Å². The van der Waals surface area contributed by atoms with E-state index in [1.165, 1.54) is 0 Å². The van der Waals surface area contributed by atoms with E-state index >= 15 is 0 Å². The molecule has 1 N–H and O–H groups in total. The molecule has 0 atom stereocenters. The van der Waals surface area contributed by atoms with Crippen molar-refractivity contribution in [2.75, 3.05) is 58.0 Å². The van der Waals surface area contributed by atoms with E-state index in [4.69, 9.17) is 24.0 Å². The third-order valence-electron chi connectivity index (χ3n) is 10.3. The van der Waals surface area contributed by atoms with Crippen LogP contribution in [0.1, 0.15) is 47.2 Å². The number of para-hydroxylation sites is 1. The van der Waals surface area contributed by atoms with Crippen molar-refractivity contribution in [3.8, 4) is 22.6 Å². The lowest BCUT2D eigenvalue weighted by Gasteiger charge is -2.28. The SMILES string of the molecule is CCOC(=O)c1c(CCCOc2cccc3ccccc23)c2cccc(-c3c(COc4ccc(N5CCOCC5)cc4)nn(C)c3CBr)c2n1CCCNC. The summed E-state index contributed by atoms with van der Waals surface area (Å²) in [6, 6.07) is 29.0. The first-order chi connectivity index (χ1) is 27.0. The summed E-state index contributed by atoms with van der Waals surface area (Å²) in [4.78, 5) is 16.3. The Morgan fingerprint density at radius 1 is 0.927 bits per heavy atom. The topological polar surface area (TPSA) is 92.0 Å². The Kier molecular flexibility index (Phi) is 12.7. The fourth-order valence-electron chi connectivity index (χ4n) is 7.67. The molecule has 1 aliphatic rings. The van der Waals surface area contributed by atoms with Gasteiger partial charge in [0.2, 0.25) is 0 Å². The van der Waals surface area contributed by atoms with Crippen LogP contribution >= 0.6 is 15.9 Å². The molecule has 4 aromatic carbocycles. The van der Waals surface area contributed by atoms with Crippen LogP contribution < -0.4 is 19.7 Å². The summed E-state index contributed by atoms with van der Waals surface area (Å²) in [6.45, 7) is 7.63. The van der Waals surface area contributed by atoms with Gasteiger partial charge in [-0.25, -0.2) is 4.79 Å². The molecule has 0 unspecified atom stereocenters. The molecule has 7 rings (SSSR count). The van der Waals surface area contributed by atoms with Crippen LogP contribution in [0.4, 0.5) is 5.69 Å². The maximum Gasteiger partial charge on any atom is 0.355 e. The van der Waals surface area contributed by atoms with Crippen LogP contribution in [0.15, 0.2) is 84.9 Å². The maximum absolute atomic E-state index is 14.0. The van der Waals surface area contributed by atoms with E-state index in [1.807, 2.05) is 62.1 Å². The second-order valence-electron chi connectivity index (χ2n) is 13.7. The summed E-state index contributed by atoms with van der Waals surface area (Å²) in [5.74, 6) is 1.33. The number of nitrogens with zero attached hydrogens (tertiary/aromatic N) is 4. The standard InChI is InChI=1S/C44H50BrN5O5/c1-4-53-44(51)43-36(16-9-26-54-40-17-7-12-31-11-5-6-13-34(31)40)35-14-8-15-37(42(35)50(43)23-10-22-46-2)41-38(47-48(3)39(41)29-45)30-55-33-20-18-32(19-21-33)49-24-27-52-28-25-49/h5-8,11-15,17-21,46H,4,9-10,16,22-30H2,1-3H3. The molecule has 0 amide bonds. The van der Waals surface area contributed by atoms with E-state index in [-0.39, 0.29) is 12.6 Å². The molecule has 1 saturated heterocycles. The molecule has 2 aromatic heterocycles. The van der Waals surface area contributed by atoms with E-state index in [0.717, 1.165) is 113 Å². The van der Waals surface area contributed by atoms with Crippen LogP contribution in [-0.4, -0.2) is 73.4 Å². The summed E-state index contributed by atoms with van der Waals surface area (Å²) >= 11 is 3.77. The third-order valence-corrected chi connectivity index (χ3v) is 10.8. The zero-order valence-corrected chi connectivity index (χ0v) is 33.6. The lowest BCUT2D eigenvalue weighted by atomic mass is 9.98. The predicted molar refractivity (Wildman–Crippen MR) is 223 cm³/mol. The van der Waals surface area contributed by atoms with Gasteiger partial charge in [0.05, 0.1) is 37.6 Å². The Bertz CT molecular complexity index is 2220. The van der Waals surface area contributed by atoms with Gasteiger partial charge < -0.3 is 33.7 Å². The highest BCUT2D eigenvalue weighted by Gasteiger charge is 2.28. The number of benzene rings is 4. The Morgan fingerprint density at radius 2 is 1.69 bits per heavy atom. The van der Waals surface area contributed by atoms with Gasteiger partial charge in [0.25, 0.3) is 0 Å². The van der Waals surface area contributed by atoms with E-state index in [9.17, 15) is 4.79 Å². The van der Waals surface area contributed by atoms with Crippen LogP contribution in [0.3, 0.4) is 0 Å². The van der Waals surface area contributed by atoms with Crippen LogP contribution in [0, 0.1) is 0 Å². The minimum Gasteiger partial charge on any atom is -0.493 e. The molecule has 0 aliphatic carbocycles. The van der Waals surface area contributed by atoms with Crippen molar-refractivity contribution < 1.29 is 23.7 Å². The molecule has 0 radical (unpaired) electrons. The quantitative estimate of drug-likeness (QED) is 0.0560. The van der Waals surface area contributed by atoms with Gasteiger partial charge in [0.15, 0.2) is 0 Å². The number of fused-ring (bicyclic) bond motifs is 2. The monoisotopic (exact) mass is 807 g/mol. The minimum atomic E-state index is -0.310. The second-order valence-corrected chi connectivity index (χ2v) is 14.3. The molecule has 0 bridgehead atoms. The van der Waals surface area contributed by atoms with E-state index in [0.29, 0.717) is 37.2 Å². The highest BCUT2D eigenvalue weighted by atomic mass is 79.9. The van der Waals surface area contributed by atoms with E-state index < -0.39 is 0 Å². The highest BCUT2D eigenvalue weighted by molar-refractivity contribution is 9.08. The highest BCUT2D eigenvalue weighted by Crippen LogP contribution is 2.40. The Hall–Kier alpha value is -4.84. The summed E-state index contributed by atoms with van der Waals surface area (Å²) in [5, 5.41) is 12.1. The number of ether oxygens (including phenoxy) is 4. The number of hydrogen-bond donors (Lipinski definition) is 1. The average Bonchev–Trinajstić information content (AvgIpc) is 3.72. The van der Waals surface area contributed by atoms with Crippen LogP contribution in [-0.2, 0) is 41.4 Å². The largest absolute Gasteiger partial charge is 0.493 e. The number of esters is 1. The first-order valence-corrected chi connectivity index (χ1v) is 20.4. The molecule has 1 aliphatic heterocycles. The lowest BCUT2D eigenvalue weighted by Crippen LogP contribution is -2.36. The number of alkyl halides is 1. The average molecular weight is 809 g/mol. The summed E-state index contributed by atoms with van der Waals surface area (Å²) < 4.78 is 28.2. The number of carbonyl (C=O) groups excluding carboxylic acids is 1. The number of carbonyl (C=O) groups is 1. The molecular weight excluding hydrogens is 758 g/mol. The normalized spacial score (nSPS) is 13.1. The summed E-state index contributed by atoms with van der Waals surface area (Å²) in [5.41, 5.74) is 7.61. The second kappa shape index (κ2) is 18.2. The van der Waals surface area contributed by atoms with Crippen LogP contribution in [0.5, 0.6) is 11.5 Å². The Balaban J connectivity index is 1.24. The van der Waals surface area contributed by atoms with Gasteiger partial charge in [-0.15, -0.1) is 0 Å². The molecule has 0 saturated carbocycles. The zero-order chi connectivity index (χ0) is 38.1. The zero-order valence-electron chi connectivity index (χ0n) is 32.0. The smallest absolute Gasteiger partial charge is 0.355 e. The van der Waals surface area contributed by atoms with E-state index in [1.54, 1.807) is 0 Å². The van der Waals surface area contributed by atoms with Crippen molar-refractivity contribution in [1.29, 1.82) is 0 Å². The molecule has 55 heavy (non-hydrogen) atoms. The molecule has 288 valence electrons. The minimum absolute atomic E-state index is 0.285. The fraction of sp³-hybridized carbons (Fsp3) is 0.364. The first-order valence-electron chi connectivity index (χ1n) is 19.2. The molecule has 0 spiro atoms. The van der Waals surface area contributed by atoms with Gasteiger partial charge in [-0.1, -0.05) is 70.5 Å². The molecule has 10 nitrogen and oxygen atoms in total. The van der Waals surface area contributed by atoms with Gasteiger partial charge in [-0.05, 0) is 81.1 Å². The van der Waals surface area contributed by atoms with Crippen molar-refractivity contribution in [2.24, 2.45) is 7.05 Å². The van der Waals surface area contributed by atoms with Crippen molar-refractivity contribution in [3.05, 3.63) is 108 Å². The number of aryl methyl sites for hydroxylation is 3. The predicted octanol–water partition coefficient (Wildman–Crippen LogP) is 8.30. The van der Waals surface area contributed by atoms with Gasteiger partial charge in [0.1, 0.15) is 29.5 Å². The maximum atomic E-state index is 14.0. The van der Waals surface area contributed by atoms with Crippen LogP contribution in [0.25, 0.3) is 32.8 Å². The number of nitrogens with one attached hydrogen (secondary N) is 1. The van der Waals surface area contributed by atoms with Gasteiger partial charge >= 0.3 is 5.97 Å². The van der Waals surface area contributed by atoms with Crippen molar-refractivity contribution in [1.82, 2.24) is 19.7 Å². The Labute approximate surface area is 331 Å². The Morgan fingerprint density at radius 3 is 2.47 bits per heavy atom. The molecule has 1 fully saturated rings. The molecule has 11 heteroatoms. The van der Waals surface area contributed by atoms with Gasteiger partial charge in [-0.3, -0.25) is 4.68 Å². The first kappa shape index (κ1) is 38.4. The molecule has 6 aromatic rings. The lowest BCUT2D eigenvalue weighted by molar-refractivity contribution is 0.0512. The number of anilines is 1. The van der Waals surface area contributed by atoms with Crippen molar-refractivity contribution >= 4 is 49.3 Å². The van der Waals surface area contributed by atoms with Crippen molar-refractivity contribution in [2.45, 2.75) is 44.7 Å². The number of aromatic nitrogens is 3. The molecular formula is C44H50BrN5O5. The third kappa shape index (κ3) is 8.39.